The molecule has 3 aliphatic heterocycles. The predicted octanol–water partition coefficient (Wildman–Crippen LogP) is 7.92. The molecule has 0 bridgehead atoms. The van der Waals surface area contributed by atoms with Crippen LogP contribution in [-0.4, -0.2) is 73.2 Å². The van der Waals surface area contributed by atoms with E-state index in [4.69, 9.17) is 47.9 Å². The number of benzene rings is 4. The summed E-state index contributed by atoms with van der Waals surface area (Å²) in [6.45, 7) is 17.7. The first-order valence-corrected chi connectivity index (χ1v) is 18.7. The quantitative estimate of drug-likeness (QED) is 0.175. The molecular weight excluding hydrogens is 686 g/mol. The van der Waals surface area contributed by atoms with Gasteiger partial charge in [0.25, 0.3) is 0 Å². The summed E-state index contributed by atoms with van der Waals surface area (Å²) in [5.74, 6) is 3.34. The van der Waals surface area contributed by atoms with Gasteiger partial charge in [-0.05, 0) is 52.8 Å². The van der Waals surface area contributed by atoms with E-state index in [0.717, 1.165) is 50.5 Å². The van der Waals surface area contributed by atoms with Crippen LogP contribution in [0, 0.1) is 0 Å². The zero-order chi connectivity index (χ0) is 37.9. The van der Waals surface area contributed by atoms with Crippen LogP contribution in [-0.2, 0) is 29.8 Å². The normalized spacial score (nSPS) is 16.8. The molecular formula is C43H51N3O8. The number of nitrogens with zero attached hydrogens (tertiary/aromatic N) is 3. The van der Waals surface area contributed by atoms with Crippen molar-refractivity contribution in [2.24, 2.45) is 9.98 Å². The van der Waals surface area contributed by atoms with Gasteiger partial charge in [-0.2, -0.15) is 0 Å². The smallest absolute Gasteiger partial charge is 0.163 e. The van der Waals surface area contributed by atoms with Crippen molar-refractivity contribution in [1.29, 1.82) is 0 Å². The highest BCUT2D eigenvalue weighted by atomic mass is 16.6. The number of fused-ring (bicyclic) bond motifs is 5. The van der Waals surface area contributed by atoms with Crippen LogP contribution >= 0.6 is 0 Å². The maximum absolute atomic E-state index is 6.75. The average Bonchev–Trinajstić information content (AvgIpc) is 3.13. The second-order valence-electron chi connectivity index (χ2n) is 15.5. The predicted molar refractivity (Wildman–Crippen MR) is 207 cm³/mol. The Hall–Kier alpha value is -4.68. The maximum Gasteiger partial charge on any atom is 0.163 e. The lowest BCUT2D eigenvalue weighted by molar-refractivity contribution is -0.00841. The molecule has 0 saturated heterocycles. The molecule has 4 aromatic carbocycles. The van der Waals surface area contributed by atoms with Crippen molar-refractivity contribution in [2.45, 2.75) is 52.4 Å². The van der Waals surface area contributed by atoms with Crippen molar-refractivity contribution in [3.63, 3.8) is 0 Å². The SMILES string of the molecule is COc1ccc2c(c1)N(c1ccc3c(c1)OCCOCCOCCOCCOCCO3)c1cc3c(cc1=N2)Oc1c(cc(C(C)(C)C)cc1C(C)(C)C)N=3. The van der Waals surface area contributed by atoms with Gasteiger partial charge >= 0.3 is 0 Å². The monoisotopic (exact) mass is 737 g/mol. The summed E-state index contributed by atoms with van der Waals surface area (Å²) < 4.78 is 47.6. The molecule has 0 amide bonds. The van der Waals surface area contributed by atoms with E-state index < -0.39 is 0 Å². The van der Waals surface area contributed by atoms with E-state index in [1.165, 1.54) is 5.56 Å². The van der Waals surface area contributed by atoms with E-state index in [9.17, 15) is 0 Å². The van der Waals surface area contributed by atoms with Gasteiger partial charge in [-0.15, -0.1) is 0 Å². The standard InChI is InChI=1S/C43H51N3O8/c1-42(2,3)28-22-31(43(4,5)6)41-35(23-28)45-34-26-37-33(27-39(34)54-41)44-32-10-9-30(47-7)25-36(32)46(37)29-8-11-38-40(24-29)53-21-19-51-17-15-49-13-12-48-14-16-50-18-20-52-38/h8-11,22-27H,12-21H2,1-7H3. The molecule has 0 aromatic heterocycles. The Kier molecular flexibility index (Phi) is 11.1. The van der Waals surface area contributed by atoms with Crippen molar-refractivity contribution in [1.82, 2.24) is 0 Å². The molecule has 3 heterocycles. The van der Waals surface area contributed by atoms with Gasteiger partial charge < -0.3 is 42.8 Å². The molecule has 0 atom stereocenters. The van der Waals surface area contributed by atoms with E-state index in [1.807, 2.05) is 42.5 Å². The Balaban J connectivity index is 1.31. The van der Waals surface area contributed by atoms with Crippen molar-refractivity contribution in [3.05, 3.63) is 82.5 Å². The molecule has 7 rings (SSSR count). The summed E-state index contributed by atoms with van der Waals surface area (Å²) in [5.41, 5.74) is 6.25. The first kappa shape index (κ1) is 37.6. The topological polar surface area (TPSA) is 102 Å². The zero-order valence-electron chi connectivity index (χ0n) is 32.5. The van der Waals surface area contributed by atoms with E-state index in [0.29, 0.717) is 89.1 Å². The summed E-state index contributed by atoms with van der Waals surface area (Å²) in [4.78, 5) is 12.5. The van der Waals surface area contributed by atoms with Crippen LogP contribution in [0.3, 0.4) is 0 Å². The summed E-state index contributed by atoms with van der Waals surface area (Å²) in [6, 6.07) is 20.3. The molecule has 11 nitrogen and oxygen atoms in total. The molecule has 0 spiro atoms. The first-order valence-electron chi connectivity index (χ1n) is 18.7. The molecule has 3 aliphatic rings. The molecule has 54 heavy (non-hydrogen) atoms. The summed E-state index contributed by atoms with van der Waals surface area (Å²) in [7, 11) is 1.66. The number of hydrogen-bond donors (Lipinski definition) is 0. The van der Waals surface area contributed by atoms with Gasteiger partial charge in [-0.25, -0.2) is 9.98 Å². The number of methoxy groups -OCH3 is 1. The van der Waals surface area contributed by atoms with Crippen LogP contribution in [0.4, 0.5) is 28.4 Å². The van der Waals surface area contributed by atoms with Crippen LogP contribution in [0.5, 0.6) is 28.7 Å². The summed E-state index contributed by atoms with van der Waals surface area (Å²) in [5, 5.41) is 1.47. The first-order chi connectivity index (χ1) is 26.0. The number of rotatable bonds is 2. The Morgan fingerprint density at radius 1 is 0.556 bits per heavy atom. The molecule has 0 fully saturated rings. The van der Waals surface area contributed by atoms with Gasteiger partial charge in [0.1, 0.15) is 30.0 Å². The lowest BCUT2D eigenvalue weighted by Crippen LogP contribution is -2.27. The second-order valence-corrected chi connectivity index (χ2v) is 15.5. The second kappa shape index (κ2) is 16.0. The lowest BCUT2D eigenvalue weighted by atomic mass is 9.79. The van der Waals surface area contributed by atoms with Gasteiger partial charge in [-0.1, -0.05) is 47.6 Å². The minimum Gasteiger partial charge on any atom is -0.497 e. The molecule has 4 aromatic rings. The number of hydrogen-bond acceptors (Lipinski definition) is 11. The van der Waals surface area contributed by atoms with Gasteiger partial charge in [-0.3, -0.25) is 0 Å². The highest BCUT2D eigenvalue weighted by Crippen LogP contribution is 2.48. The van der Waals surface area contributed by atoms with Crippen LogP contribution in [0.1, 0.15) is 52.7 Å². The Morgan fingerprint density at radius 2 is 1.19 bits per heavy atom. The van der Waals surface area contributed by atoms with Crippen molar-refractivity contribution in [3.8, 4) is 28.7 Å². The van der Waals surface area contributed by atoms with Crippen molar-refractivity contribution in [2.75, 3.05) is 78.1 Å². The minimum absolute atomic E-state index is 0.0652. The molecule has 0 aliphatic carbocycles. The highest BCUT2D eigenvalue weighted by molar-refractivity contribution is 5.87. The Morgan fingerprint density at radius 3 is 1.81 bits per heavy atom. The van der Waals surface area contributed by atoms with Gasteiger partial charge in [0, 0.05) is 23.8 Å². The fraction of sp³-hybridized carbons (Fsp3) is 0.442. The number of ether oxygens (including phenoxy) is 8. The number of anilines is 3. The zero-order valence-corrected chi connectivity index (χ0v) is 32.5. The highest BCUT2D eigenvalue weighted by Gasteiger charge is 2.30. The molecule has 11 heteroatoms. The van der Waals surface area contributed by atoms with Crippen LogP contribution in [0.2, 0.25) is 0 Å². The summed E-state index contributed by atoms with van der Waals surface area (Å²) in [6.07, 6.45) is 0. The summed E-state index contributed by atoms with van der Waals surface area (Å²) >= 11 is 0. The minimum atomic E-state index is -0.156. The van der Waals surface area contributed by atoms with Crippen LogP contribution < -0.4 is 34.6 Å². The van der Waals surface area contributed by atoms with E-state index in [-0.39, 0.29) is 10.8 Å². The third-order valence-corrected chi connectivity index (χ3v) is 9.43. The van der Waals surface area contributed by atoms with Crippen LogP contribution in [0.15, 0.2) is 70.6 Å². The van der Waals surface area contributed by atoms with Crippen molar-refractivity contribution >= 4 is 28.4 Å². The molecule has 0 N–H and O–H groups in total. The van der Waals surface area contributed by atoms with Gasteiger partial charge in [0.2, 0.25) is 0 Å². The molecule has 286 valence electrons. The van der Waals surface area contributed by atoms with E-state index >= 15 is 0 Å². The van der Waals surface area contributed by atoms with Crippen LogP contribution in [0.25, 0.3) is 0 Å². The fourth-order valence-corrected chi connectivity index (χ4v) is 6.51. The Bertz CT molecular complexity index is 2100. The largest absolute Gasteiger partial charge is 0.497 e. The van der Waals surface area contributed by atoms with E-state index in [2.05, 4.69) is 64.6 Å². The third-order valence-electron chi connectivity index (χ3n) is 9.43. The Labute approximate surface area is 317 Å². The molecule has 0 radical (unpaired) electrons. The maximum atomic E-state index is 6.75. The average molecular weight is 738 g/mol. The van der Waals surface area contributed by atoms with Gasteiger partial charge in [0.15, 0.2) is 23.0 Å². The van der Waals surface area contributed by atoms with Gasteiger partial charge in [0.05, 0.1) is 88.1 Å². The molecule has 0 unspecified atom stereocenters. The fourth-order valence-electron chi connectivity index (χ4n) is 6.51. The molecule has 0 saturated carbocycles. The van der Waals surface area contributed by atoms with E-state index in [1.54, 1.807) is 7.11 Å². The third kappa shape index (κ3) is 8.34. The lowest BCUT2D eigenvalue weighted by Gasteiger charge is -2.32. The van der Waals surface area contributed by atoms with Crippen molar-refractivity contribution < 1.29 is 37.9 Å².